The number of aromatic amines is 1. The normalized spacial score (nSPS) is 12.0. The Hall–Kier alpha value is -1.98. The standard InChI is InChI=1S/C18H16ClF3N2/c1-23-9-13-10-24-17-7-11(2-5-15(13)17)6-12-3-4-14(8-16(12)19)18(20,21)22/h2-5,7-8,10,23-24H,6,9H2,1H3. The Morgan fingerprint density at radius 2 is 1.88 bits per heavy atom. The maximum atomic E-state index is 12.7. The minimum Gasteiger partial charge on any atom is -0.361 e. The molecule has 0 fully saturated rings. The lowest BCUT2D eigenvalue weighted by Crippen LogP contribution is -2.05. The molecule has 3 rings (SSSR count). The summed E-state index contributed by atoms with van der Waals surface area (Å²) in [5.74, 6) is 0. The van der Waals surface area contributed by atoms with Crippen LogP contribution in [0, 0.1) is 0 Å². The first-order chi connectivity index (χ1) is 11.4. The average Bonchev–Trinajstić information content (AvgIpc) is 2.91. The number of H-pyrrole nitrogens is 1. The second-order valence-corrected chi connectivity index (χ2v) is 6.11. The van der Waals surface area contributed by atoms with E-state index in [1.165, 1.54) is 11.6 Å². The number of hydrogen-bond donors (Lipinski definition) is 2. The summed E-state index contributed by atoms with van der Waals surface area (Å²) in [6.07, 6.45) is -1.95. The van der Waals surface area contributed by atoms with Gasteiger partial charge in [0.25, 0.3) is 0 Å². The van der Waals surface area contributed by atoms with Gasteiger partial charge in [0, 0.05) is 28.7 Å². The molecule has 1 heterocycles. The van der Waals surface area contributed by atoms with Crippen molar-refractivity contribution in [1.82, 2.24) is 10.3 Å². The molecule has 0 aliphatic carbocycles. The van der Waals surface area contributed by atoms with E-state index in [4.69, 9.17) is 11.6 Å². The van der Waals surface area contributed by atoms with Crippen LogP contribution in [0.5, 0.6) is 0 Å². The molecule has 2 N–H and O–H groups in total. The summed E-state index contributed by atoms with van der Waals surface area (Å²) in [5, 5.41) is 4.38. The van der Waals surface area contributed by atoms with Gasteiger partial charge in [0.2, 0.25) is 0 Å². The topological polar surface area (TPSA) is 27.8 Å². The fourth-order valence-corrected chi connectivity index (χ4v) is 3.01. The maximum Gasteiger partial charge on any atom is 0.416 e. The number of alkyl halides is 3. The molecule has 24 heavy (non-hydrogen) atoms. The van der Waals surface area contributed by atoms with Crippen molar-refractivity contribution in [2.75, 3.05) is 7.05 Å². The number of nitrogens with one attached hydrogen (secondary N) is 2. The molecule has 0 unspecified atom stereocenters. The number of hydrogen-bond acceptors (Lipinski definition) is 1. The Kier molecular flexibility index (Phi) is 4.56. The molecule has 3 aromatic rings. The van der Waals surface area contributed by atoms with Crippen molar-refractivity contribution in [1.29, 1.82) is 0 Å². The molecule has 2 nitrogen and oxygen atoms in total. The van der Waals surface area contributed by atoms with Gasteiger partial charge in [0.15, 0.2) is 0 Å². The highest BCUT2D eigenvalue weighted by molar-refractivity contribution is 6.31. The summed E-state index contributed by atoms with van der Waals surface area (Å²) in [4.78, 5) is 3.22. The van der Waals surface area contributed by atoms with E-state index in [1.807, 2.05) is 31.4 Å². The van der Waals surface area contributed by atoms with E-state index in [9.17, 15) is 13.2 Å². The number of benzene rings is 2. The lowest BCUT2D eigenvalue weighted by molar-refractivity contribution is -0.137. The van der Waals surface area contributed by atoms with Crippen molar-refractivity contribution in [3.8, 4) is 0 Å². The molecule has 1 aromatic heterocycles. The monoisotopic (exact) mass is 352 g/mol. The predicted molar refractivity (Wildman–Crippen MR) is 90.3 cm³/mol. The van der Waals surface area contributed by atoms with Gasteiger partial charge in [-0.05, 0) is 48.4 Å². The van der Waals surface area contributed by atoms with Gasteiger partial charge in [-0.1, -0.05) is 29.8 Å². The molecule has 0 spiro atoms. The molecule has 0 bridgehead atoms. The zero-order chi connectivity index (χ0) is 17.3. The minimum absolute atomic E-state index is 0.132. The van der Waals surface area contributed by atoms with Gasteiger partial charge in [0.1, 0.15) is 0 Å². The van der Waals surface area contributed by atoms with Crippen LogP contribution in [0.3, 0.4) is 0 Å². The molecule has 2 aromatic carbocycles. The quantitative estimate of drug-likeness (QED) is 0.667. The zero-order valence-corrected chi connectivity index (χ0v) is 13.7. The van der Waals surface area contributed by atoms with Crippen LogP contribution >= 0.6 is 11.6 Å². The molecule has 0 aliphatic rings. The van der Waals surface area contributed by atoms with E-state index in [0.717, 1.165) is 35.1 Å². The first-order valence-corrected chi connectivity index (χ1v) is 7.85. The van der Waals surface area contributed by atoms with E-state index in [1.54, 1.807) is 0 Å². The van der Waals surface area contributed by atoms with E-state index in [2.05, 4.69) is 10.3 Å². The van der Waals surface area contributed by atoms with Crippen LogP contribution in [0.2, 0.25) is 5.02 Å². The maximum absolute atomic E-state index is 12.7. The SMILES string of the molecule is CNCc1c[nH]c2cc(Cc3ccc(C(F)(F)F)cc3Cl)ccc12. The molecule has 0 saturated carbocycles. The predicted octanol–water partition coefficient (Wildman–Crippen LogP) is 5.15. The third kappa shape index (κ3) is 3.42. The summed E-state index contributed by atoms with van der Waals surface area (Å²) in [6, 6.07) is 9.49. The summed E-state index contributed by atoms with van der Waals surface area (Å²) in [5.41, 5.74) is 3.10. The smallest absolute Gasteiger partial charge is 0.361 e. The van der Waals surface area contributed by atoms with Crippen LogP contribution in [0.1, 0.15) is 22.3 Å². The molecular weight excluding hydrogens is 337 g/mol. The highest BCUT2D eigenvalue weighted by atomic mass is 35.5. The van der Waals surface area contributed by atoms with Gasteiger partial charge in [0.05, 0.1) is 5.56 Å². The lowest BCUT2D eigenvalue weighted by atomic mass is 10.0. The third-order valence-electron chi connectivity index (χ3n) is 3.97. The Morgan fingerprint density at radius 1 is 1.08 bits per heavy atom. The van der Waals surface area contributed by atoms with E-state index >= 15 is 0 Å². The van der Waals surface area contributed by atoms with Crippen molar-refractivity contribution >= 4 is 22.5 Å². The minimum atomic E-state index is -4.38. The Morgan fingerprint density at radius 3 is 2.54 bits per heavy atom. The molecule has 0 saturated heterocycles. The second-order valence-electron chi connectivity index (χ2n) is 5.70. The first-order valence-electron chi connectivity index (χ1n) is 7.47. The van der Waals surface area contributed by atoms with Crippen LogP contribution in [-0.4, -0.2) is 12.0 Å². The molecule has 0 aliphatic heterocycles. The molecule has 6 heteroatoms. The largest absolute Gasteiger partial charge is 0.416 e. The van der Waals surface area contributed by atoms with E-state index < -0.39 is 11.7 Å². The Bertz CT molecular complexity index is 868. The van der Waals surface area contributed by atoms with Crippen molar-refractivity contribution in [2.45, 2.75) is 19.1 Å². The summed E-state index contributed by atoms with van der Waals surface area (Å²) in [7, 11) is 1.89. The fourth-order valence-electron chi connectivity index (χ4n) is 2.77. The van der Waals surface area contributed by atoms with Crippen LogP contribution in [0.4, 0.5) is 13.2 Å². The van der Waals surface area contributed by atoms with E-state index in [0.29, 0.717) is 12.0 Å². The van der Waals surface area contributed by atoms with Gasteiger partial charge < -0.3 is 10.3 Å². The molecule has 0 amide bonds. The Labute approximate surface area is 142 Å². The van der Waals surface area contributed by atoms with Crippen LogP contribution in [-0.2, 0) is 19.1 Å². The molecule has 0 atom stereocenters. The summed E-state index contributed by atoms with van der Waals surface area (Å²) < 4.78 is 38.1. The second kappa shape index (κ2) is 6.49. The van der Waals surface area contributed by atoms with Crippen LogP contribution < -0.4 is 5.32 Å². The highest BCUT2D eigenvalue weighted by Crippen LogP contribution is 2.33. The molecule has 126 valence electrons. The van der Waals surface area contributed by atoms with Crippen LogP contribution in [0.15, 0.2) is 42.6 Å². The first kappa shape index (κ1) is 16.9. The van der Waals surface area contributed by atoms with Gasteiger partial charge in [-0.2, -0.15) is 13.2 Å². The van der Waals surface area contributed by atoms with Gasteiger partial charge >= 0.3 is 6.18 Å². The van der Waals surface area contributed by atoms with Crippen molar-refractivity contribution in [3.63, 3.8) is 0 Å². The van der Waals surface area contributed by atoms with Crippen molar-refractivity contribution in [3.05, 3.63) is 69.9 Å². The number of rotatable bonds is 4. The van der Waals surface area contributed by atoms with Crippen LogP contribution in [0.25, 0.3) is 10.9 Å². The summed E-state index contributed by atoms with van der Waals surface area (Å²) >= 11 is 6.03. The number of aromatic nitrogens is 1. The molecule has 0 radical (unpaired) electrons. The number of halogens is 4. The third-order valence-corrected chi connectivity index (χ3v) is 4.33. The molecular formula is C18H16ClF3N2. The number of fused-ring (bicyclic) bond motifs is 1. The summed E-state index contributed by atoms with van der Waals surface area (Å²) in [6.45, 7) is 0.768. The lowest BCUT2D eigenvalue weighted by Gasteiger charge is -2.10. The fraction of sp³-hybridized carbons (Fsp3) is 0.222. The van der Waals surface area contributed by atoms with Crippen molar-refractivity contribution in [2.24, 2.45) is 0 Å². The van der Waals surface area contributed by atoms with Gasteiger partial charge in [-0.25, -0.2) is 0 Å². The zero-order valence-electron chi connectivity index (χ0n) is 13.0. The van der Waals surface area contributed by atoms with Gasteiger partial charge in [-0.15, -0.1) is 0 Å². The van der Waals surface area contributed by atoms with Crippen molar-refractivity contribution < 1.29 is 13.2 Å². The highest BCUT2D eigenvalue weighted by Gasteiger charge is 2.30. The van der Waals surface area contributed by atoms with Gasteiger partial charge in [-0.3, -0.25) is 0 Å². The Balaban J connectivity index is 1.87. The average molecular weight is 353 g/mol. The van der Waals surface area contributed by atoms with E-state index in [-0.39, 0.29) is 5.02 Å².